The van der Waals surface area contributed by atoms with Crippen LogP contribution in [0.5, 0.6) is 0 Å². The number of nitrogens with two attached hydrogens (primary N) is 1. The smallest absolute Gasteiger partial charge is 0.366 e. The number of carbonyl (C=O) groups is 2. The Balaban J connectivity index is 2.54. The summed E-state index contributed by atoms with van der Waals surface area (Å²) in [5.74, 6) is 2.67. The van der Waals surface area contributed by atoms with E-state index in [2.05, 4.69) is 11.8 Å². The van der Waals surface area contributed by atoms with Gasteiger partial charge in [0.25, 0.3) is 0 Å². The molecule has 0 heterocycles. The minimum atomic E-state index is -4.83. The lowest BCUT2D eigenvalue weighted by molar-refractivity contribution is -0.138. The van der Waals surface area contributed by atoms with Crippen LogP contribution >= 0.6 is 0 Å². The predicted octanol–water partition coefficient (Wildman–Crippen LogP) is 4.84. The molecule has 0 atom stereocenters. The fourth-order valence-corrected chi connectivity index (χ4v) is 2.58. The van der Waals surface area contributed by atoms with Gasteiger partial charge in [-0.05, 0) is 43.3 Å². The average Bonchev–Trinajstić information content (AvgIpc) is 2.63. The van der Waals surface area contributed by atoms with E-state index < -0.39 is 40.7 Å². The molecule has 10 heteroatoms. The molecule has 1 amide bonds. The van der Waals surface area contributed by atoms with Crippen molar-refractivity contribution in [1.82, 2.24) is 0 Å². The first kappa shape index (κ1) is 23.7. The molecule has 0 saturated carbocycles. The molecule has 2 rings (SSSR count). The number of halogens is 6. The van der Waals surface area contributed by atoms with E-state index in [1.165, 1.54) is 6.92 Å². The van der Waals surface area contributed by atoms with E-state index in [9.17, 15) is 35.9 Å². The summed E-state index contributed by atoms with van der Waals surface area (Å²) >= 11 is 0. The number of alkyl halides is 6. The molecule has 0 aliphatic heterocycles. The zero-order chi connectivity index (χ0) is 23.6. The number of nitrogens with one attached hydrogen (secondary N) is 1. The van der Waals surface area contributed by atoms with Gasteiger partial charge in [-0.2, -0.15) is 26.3 Å². The molecule has 2 aromatic rings. The number of amides is 1. The summed E-state index contributed by atoms with van der Waals surface area (Å²) in [6.45, 7) is 1.33. The van der Waals surface area contributed by atoms with Crippen LogP contribution in [0.25, 0.3) is 0 Å². The largest absolute Gasteiger partial charge is 0.417 e. The Morgan fingerprint density at radius 3 is 2.06 bits per heavy atom. The molecule has 0 unspecified atom stereocenters. The third-order valence-corrected chi connectivity index (χ3v) is 3.95. The number of benzene rings is 2. The molecule has 0 fully saturated rings. The zero-order valence-corrected chi connectivity index (χ0v) is 15.8. The van der Waals surface area contributed by atoms with Crippen molar-refractivity contribution in [1.29, 1.82) is 5.41 Å². The first-order chi connectivity index (χ1) is 14.2. The Morgan fingerprint density at radius 1 is 0.935 bits per heavy atom. The van der Waals surface area contributed by atoms with Gasteiger partial charge in [-0.3, -0.25) is 9.59 Å². The van der Waals surface area contributed by atoms with Crippen LogP contribution in [-0.2, 0) is 12.4 Å². The molecule has 0 bridgehead atoms. The normalized spacial score (nSPS) is 11.5. The molecule has 0 radical (unpaired) electrons. The highest BCUT2D eigenvalue weighted by Crippen LogP contribution is 2.33. The third kappa shape index (κ3) is 6.18. The van der Waals surface area contributed by atoms with E-state index in [1.54, 1.807) is 0 Å². The van der Waals surface area contributed by atoms with Crippen LogP contribution in [0.3, 0.4) is 0 Å². The second-order valence-corrected chi connectivity index (χ2v) is 6.55. The SMILES string of the molecule is CC(=N)CC(=O)c1cc(C#Cc2ccc(C(F)(F)F)c(C(N)=O)c2)cc(C(F)(F)F)c1. The van der Waals surface area contributed by atoms with Gasteiger partial charge in [-0.15, -0.1) is 0 Å². The van der Waals surface area contributed by atoms with Crippen molar-refractivity contribution in [2.45, 2.75) is 25.7 Å². The lowest BCUT2D eigenvalue weighted by Crippen LogP contribution is -2.18. The highest BCUT2D eigenvalue weighted by molar-refractivity contribution is 6.08. The second kappa shape index (κ2) is 8.63. The predicted molar refractivity (Wildman–Crippen MR) is 99.7 cm³/mol. The molecule has 162 valence electrons. The van der Waals surface area contributed by atoms with Gasteiger partial charge in [0, 0.05) is 28.8 Å². The summed E-state index contributed by atoms with van der Waals surface area (Å²) in [6, 6.07) is 4.74. The number of hydrogen-bond donors (Lipinski definition) is 2. The van der Waals surface area contributed by atoms with E-state index in [4.69, 9.17) is 11.1 Å². The molecule has 0 aliphatic rings. The van der Waals surface area contributed by atoms with Crippen LogP contribution in [-0.4, -0.2) is 17.4 Å². The Morgan fingerprint density at radius 2 is 1.55 bits per heavy atom. The second-order valence-electron chi connectivity index (χ2n) is 6.55. The van der Waals surface area contributed by atoms with Gasteiger partial charge < -0.3 is 11.1 Å². The van der Waals surface area contributed by atoms with Gasteiger partial charge in [0.2, 0.25) is 5.91 Å². The fraction of sp³-hybridized carbons (Fsp3) is 0.190. The molecule has 0 saturated heterocycles. The standard InChI is InChI=1S/C21H14F6N2O2/c1-11(28)6-18(30)14-7-13(8-15(10-14)20(22,23)24)3-2-12-4-5-17(21(25,26)27)16(9-12)19(29)31/h4-5,7-10,28H,6H2,1H3,(H2,29,31). The molecule has 31 heavy (non-hydrogen) atoms. The topological polar surface area (TPSA) is 84.0 Å². The van der Waals surface area contributed by atoms with E-state index in [0.717, 1.165) is 18.2 Å². The highest BCUT2D eigenvalue weighted by Gasteiger charge is 2.35. The molecule has 3 N–H and O–H groups in total. The number of ketones is 1. The van der Waals surface area contributed by atoms with Crippen LogP contribution in [0, 0.1) is 17.3 Å². The van der Waals surface area contributed by atoms with Gasteiger partial charge >= 0.3 is 12.4 Å². The Bertz CT molecular complexity index is 1120. The zero-order valence-electron chi connectivity index (χ0n) is 15.8. The van der Waals surface area contributed by atoms with Crippen LogP contribution in [0.2, 0.25) is 0 Å². The molecule has 4 nitrogen and oxygen atoms in total. The van der Waals surface area contributed by atoms with Crippen molar-refractivity contribution in [2.24, 2.45) is 5.73 Å². The number of rotatable bonds is 4. The van der Waals surface area contributed by atoms with E-state index in [-0.39, 0.29) is 28.8 Å². The molecular weight excluding hydrogens is 426 g/mol. The van der Waals surface area contributed by atoms with Crippen LogP contribution in [0.4, 0.5) is 26.3 Å². The highest BCUT2D eigenvalue weighted by atomic mass is 19.4. The lowest BCUT2D eigenvalue weighted by atomic mass is 9.99. The molecule has 0 aromatic heterocycles. The lowest BCUT2D eigenvalue weighted by Gasteiger charge is -2.11. The van der Waals surface area contributed by atoms with E-state index in [0.29, 0.717) is 18.2 Å². The van der Waals surface area contributed by atoms with Crippen LogP contribution in [0.15, 0.2) is 36.4 Å². The number of hydrogen-bond acceptors (Lipinski definition) is 3. The van der Waals surface area contributed by atoms with E-state index in [1.807, 2.05) is 0 Å². The quantitative estimate of drug-likeness (QED) is 0.309. The summed E-state index contributed by atoms with van der Waals surface area (Å²) in [5, 5.41) is 7.32. The Labute approximate surface area is 172 Å². The van der Waals surface area contributed by atoms with Crippen molar-refractivity contribution in [2.75, 3.05) is 0 Å². The molecule has 0 aliphatic carbocycles. The molecular formula is C21H14F6N2O2. The number of primary amides is 1. The van der Waals surface area contributed by atoms with Gasteiger partial charge in [0.05, 0.1) is 16.7 Å². The van der Waals surface area contributed by atoms with Gasteiger partial charge in [-0.1, -0.05) is 11.8 Å². The van der Waals surface area contributed by atoms with Gasteiger partial charge in [-0.25, -0.2) is 0 Å². The maximum atomic E-state index is 13.2. The monoisotopic (exact) mass is 440 g/mol. The first-order valence-electron chi connectivity index (χ1n) is 8.51. The number of carbonyl (C=O) groups excluding carboxylic acids is 2. The van der Waals surface area contributed by atoms with Crippen molar-refractivity contribution >= 4 is 17.4 Å². The van der Waals surface area contributed by atoms with Crippen LogP contribution < -0.4 is 5.73 Å². The summed E-state index contributed by atoms with van der Waals surface area (Å²) in [6.07, 6.45) is -9.99. The minimum absolute atomic E-state index is 0.0428. The Kier molecular flexibility index (Phi) is 6.59. The summed E-state index contributed by atoms with van der Waals surface area (Å²) in [4.78, 5) is 23.4. The summed E-state index contributed by atoms with van der Waals surface area (Å²) in [5.41, 5.74) is 1.07. The van der Waals surface area contributed by atoms with Crippen molar-refractivity contribution in [3.63, 3.8) is 0 Å². The summed E-state index contributed by atoms with van der Waals surface area (Å²) < 4.78 is 78.4. The van der Waals surface area contributed by atoms with Crippen molar-refractivity contribution in [3.8, 4) is 11.8 Å². The summed E-state index contributed by atoms with van der Waals surface area (Å²) in [7, 11) is 0. The molecule has 2 aromatic carbocycles. The maximum absolute atomic E-state index is 13.2. The Hall–Kier alpha value is -3.61. The minimum Gasteiger partial charge on any atom is -0.366 e. The fourth-order valence-electron chi connectivity index (χ4n) is 2.58. The van der Waals surface area contributed by atoms with E-state index >= 15 is 0 Å². The van der Waals surface area contributed by atoms with Gasteiger partial charge in [0.1, 0.15) is 0 Å². The number of Topliss-reactive ketones (excluding diaryl/α,β-unsaturated/α-hetero) is 1. The van der Waals surface area contributed by atoms with Gasteiger partial charge in [0.15, 0.2) is 5.78 Å². The molecule has 0 spiro atoms. The first-order valence-corrected chi connectivity index (χ1v) is 8.51. The average molecular weight is 440 g/mol. The maximum Gasteiger partial charge on any atom is 0.417 e. The van der Waals surface area contributed by atoms with Crippen LogP contribution in [0.1, 0.15) is 56.3 Å². The van der Waals surface area contributed by atoms with Crippen molar-refractivity contribution in [3.05, 3.63) is 69.8 Å². The van der Waals surface area contributed by atoms with Crippen molar-refractivity contribution < 1.29 is 35.9 Å². The third-order valence-electron chi connectivity index (χ3n) is 3.95.